The number of primary amides is 2. The molecule has 1 aromatic rings. The molecule has 0 unspecified atom stereocenters. The molecule has 0 saturated heterocycles. The van der Waals surface area contributed by atoms with Crippen molar-refractivity contribution in [2.24, 2.45) is 46.6 Å². The van der Waals surface area contributed by atoms with Gasteiger partial charge in [0, 0.05) is 6.42 Å². The monoisotopic (exact) mass is 1000 g/mol. The van der Waals surface area contributed by atoms with Gasteiger partial charge < -0.3 is 70.6 Å². The number of carbonyl (C=O) groups is 10. The second-order valence-corrected chi connectivity index (χ2v) is 19.4. The van der Waals surface area contributed by atoms with Crippen LogP contribution < -0.4 is 65.5 Å². The maximum absolute atomic E-state index is 14.3. The van der Waals surface area contributed by atoms with Crippen LogP contribution >= 0.6 is 0 Å². The standard InChI is InChI=1S/C48H82N12O11/c1-10-28(8)40(51)48(71)54-29(9)42(65)56-34(20-26(4)5)44(67)59-36(22-30-14-16-31(61)17-15-30)46(69)58-35(21-27(6)7)45(68)60-37(23-38(50)62)47(70)57-33(19-25(2)3)43(66)53-24-39(63)55-32(41(52)64)13-11-12-18-49/h14-17,25-29,32-37,40,61H,10-13,18-24,49,51H2,1-9H3,(H2,50,62)(H2,52,64)(H,53,66)(H,54,71)(H,55,63)(H,56,65)(H,57,70)(H,58,69)(H,59,67)(H,60,68)/t28-,29-,32-,33-,34-,35-,36-,37-,40-/m0/s1. The third kappa shape index (κ3) is 24.4. The van der Waals surface area contributed by atoms with Crippen molar-refractivity contribution < 1.29 is 53.1 Å². The van der Waals surface area contributed by atoms with E-state index in [1.807, 2.05) is 20.8 Å². The quantitative estimate of drug-likeness (QED) is 0.0356. The van der Waals surface area contributed by atoms with Gasteiger partial charge in [-0.2, -0.15) is 0 Å². The molecule has 23 heteroatoms. The maximum atomic E-state index is 14.3. The number of hydrogen-bond acceptors (Lipinski definition) is 13. The zero-order valence-electron chi connectivity index (χ0n) is 42.9. The van der Waals surface area contributed by atoms with Gasteiger partial charge in [-0.25, -0.2) is 0 Å². The van der Waals surface area contributed by atoms with Gasteiger partial charge in [-0.15, -0.1) is 0 Å². The molecular formula is C48H82N12O11. The second kappa shape index (κ2) is 31.8. The van der Waals surface area contributed by atoms with Crippen molar-refractivity contribution in [1.29, 1.82) is 0 Å². The predicted octanol–water partition coefficient (Wildman–Crippen LogP) is -1.53. The van der Waals surface area contributed by atoms with Crippen molar-refractivity contribution in [2.75, 3.05) is 13.1 Å². The minimum Gasteiger partial charge on any atom is -0.508 e. The molecular weight excluding hydrogens is 921 g/mol. The van der Waals surface area contributed by atoms with E-state index in [4.69, 9.17) is 22.9 Å². The number of phenols is 1. The summed E-state index contributed by atoms with van der Waals surface area (Å²) in [5.74, 6) is -8.73. The summed E-state index contributed by atoms with van der Waals surface area (Å²) in [6.45, 7) is 15.7. The lowest BCUT2D eigenvalue weighted by Gasteiger charge is -2.28. The fourth-order valence-electron chi connectivity index (χ4n) is 7.18. The molecule has 0 saturated carbocycles. The minimum absolute atomic E-state index is 0.00274. The van der Waals surface area contributed by atoms with Gasteiger partial charge in [0.25, 0.3) is 0 Å². The number of benzene rings is 1. The molecule has 9 atom stereocenters. The lowest BCUT2D eigenvalue weighted by Crippen LogP contribution is -2.60. The molecule has 0 fully saturated rings. The third-order valence-electron chi connectivity index (χ3n) is 11.4. The topological polar surface area (TPSA) is 391 Å². The lowest BCUT2D eigenvalue weighted by molar-refractivity contribution is -0.136. The van der Waals surface area contributed by atoms with E-state index in [0.717, 1.165) is 0 Å². The van der Waals surface area contributed by atoms with Crippen LogP contribution in [0.2, 0.25) is 0 Å². The molecule has 71 heavy (non-hydrogen) atoms. The van der Waals surface area contributed by atoms with Crippen molar-refractivity contribution in [2.45, 2.75) is 168 Å². The molecule has 23 nitrogen and oxygen atoms in total. The number of phenolic OH excluding ortho intramolecular Hbond substituents is 1. The first-order chi connectivity index (χ1) is 33.2. The highest BCUT2D eigenvalue weighted by Gasteiger charge is 2.35. The van der Waals surface area contributed by atoms with Gasteiger partial charge >= 0.3 is 0 Å². The average molecular weight is 1000 g/mol. The number of nitrogens with one attached hydrogen (secondary N) is 8. The fraction of sp³-hybridized carbons (Fsp3) is 0.667. The van der Waals surface area contributed by atoms with Crippen LogP contribution in [0.5, 0.6) is 5.75 Å². The molecule has 0 aliphatic carbocycles. The van der Waals surface area contributed by atoms with Gasteiger partial charge in [-0.05, 0) is 93.4 Å². The summed E-state index contributed by atoms with van der Waals surface area (Å²) in [4.78, 5) is 133. The Kier molecular flexibility index (Phi) is 28.0. The summed E-state index contributed by atoms with van der Waals surface area (Å²) < 4.78 is 0. The lowest BCUT2D eigenvalue weighted by atomic mass is 9.98. The molecule has 10 amide bonds. The molecule has 0 aliphatic rings. The summed E-state index contributed by atoms with van der Waals surface area (Å²) in [5.41, 5.74) is 23.0. The highest BCUT2D eigenvalue weighted by molar-refractivity contribution is 5.99. The van der Waals surface area contributed by atoms with Crippen molar-refractivity contribution in [3.63, 3.8) is 0 Å². The Morgan fingerprint density at radius 1 is 0.549 bits per heavy atom. The zero-order valence-corrected chi connectivity index (χ0v) is 42.9. The van der Waals surface area contributed by atoms with E-state index in [9.17, 15) is 53.1 Å². The Morgan fingerprint density at radius 2 is 1.00 bits per heavy atom. The minimum atomic E-state index is -1.65. The van der Waals surface area contributed by atoms with Gasteiger partial charge in [0.15, 0.2) is 0 Å². The average Bonchev–Trinajstić information content (AvgIpc) is 3.28. The number of hydrogen-bond donors (Lipinski definition) is 13. The van der Waals surface area contributed by atoms with Gasteiger partial charge in [0.2, 0.25) is 59.1 Å². The molecule has 17 N–H and O–H groups in total. The van der Waals surface area contributed by atoms with Crippen molar-refractivity contribution in [3.8, 4) is 5.75 Å². The molecule has 0 spiro atoms. The first-order valence-corrected chi connectivity index (χ1v) is 24.4. The summed E-state index contributed by atoms with van der Waals surface area (Å²) in [5, 5.41) is 30.5. The Morgan fingerprint density at radius 3 is 1.46 bits per heavy atom. The Bertz CT molecular complexity index is 1950. The maximum Gasteiger partial charge on any atom is 0.243 e. The third-order valence-corrected chi connectivity index (χ3v) is 11.4. The Labute approximate surface area is 417 Å². The van der Waals surface area contributed by atoms with E-state index in [-0.39, 0.29) is 61.5 Å². The molecule has 0 aromatic heterocycles. The smallest absolute Gasteiger partial charge is 0.243 e. The molecule has 0 aliphatic heterocycles. The highest BCUT2D eigenvalue weighted by Crippen LogP contribution is 2.15. The predicted molar refractivity (Wildman–Crippen MR) is 266 cm³/mol. The fourth-order valence-corrected chi connectivity index (χ4v) is 7.18. The van der Waals surface area contributed by atoms with Crippen LogP contribution in [-0.4, -0.2) is 126 Å². The van der Waals surface area contributed by atoms with Crippen LogP contribution in [0, 0.1) is 23.7 Å². The Balaban J connectivity index is 3.42. The van der Waals surface area contributed by atoms with E-state index in [0.29, 0.717) is 31.4 Å². The summed E-state index contributed by atoms with van der Waals surface area (Å²) in [7, 11) is 0. The van der Waals surface area contributed by atoms with E-state index < -0.39 is 120 Å². The molecule has 0 heterocycles. The van der Waals surface area contributed by atoms with Crippen LogP contribution in [0.15, 0.2) is 24.3 Å². The number of aromatic hydroxyl groups is 1. The van der Waals surface area contributed by atoms with Gasteiger partial charge in [-0.1, -0.05) is 73.9 Å². The van der Waals surface area contributed by atoms with Crippen LogP contribution in [0.1, 0.15) is 119 Å². The molecule has 1 aromatic carbocycles. The van der Waals surface area contributed by atoms with E-state index in [2.05, 4.69) is 42.5 Å². The molecule has 1 rings (SSSR count). The van der Waals surface area contributed by atoms with Crippen LogP contribution in [0.4, 0.5) is 0 Å². The number of carbonyl (C=O) groups excluding carboxylic acids is 10. The number of rotatable bonds is 33. The van der Waals surface area contributed by atoms with Crippen LogP contribution in [0.3, 0.4) is 0 Å². The first-order valence-electron chi connectivity index (χ1n) is 24.4. The second-order valence-electron chi connectivity index (χ2n) is 19.4. The van der Waals surface area contributed by atoms with E-state index in [1.54, 1.807) is 34.6 Å². The summed E-state index contributed by atoms with van der Waals surface area (Å²) >= 11 is 0. The van der Waals surface area contributed by atoms with Gasteiger partial charge in [0.1, 0.15) is 48.0 Å². The first kappa shape index (κ1) is 62.7. The summed E-state index contributed by atoms with van der Waals surface area (Å²) in [6.07, 6.45) is 1.32. The van der Waals surface area contributed by atoms with Gasteiger partial charge in [-0.3, -0.25) is 47.9 Å². The molecule has 400 valence electrons. The largest absolute Gasteiger partial charge is 0.508 e. The van der Waals surface area contributed by atoms with Gasteiger partial charge in [0.05, 0.1) is 19.0 Å². The number of unbranched alkanes of at least 4 members (excludes halogenated alkanes) is 1. The van der Waals surface area contributed by atoms with Crippen molar-refractivity contribution in [1.82, 2.24) is 42.5 Å². The zero-order chi connectivity index (χ0) is 54.1. The summed E-state index contributed by atoms with van der Waals surface area (Å²) in [6, 6.07) is -3.97. The van der Waals surface area contributed by atoms with Crippen molar-refractivity contribution >= 4 is 59.1 Å². The van der Waals surface area contributed by atoms with Crippen molar-refractivity contribution in [3.05, 3.63) is 29.8 Å². The van der Waals surface area contributed by atoms with Crippen LogP contribution in [-0.2, 0) is 54.4 Å². The van der Waals surface area contributed by atoms with E-state index in [1.165, 1.54) is 31.2 Å². The number of nitrogens with two attached hydrogens (primary N) is 4. The normalized spacial score (nSPS) is 15.1. The van der Waals surface area contributed by atoms with Crippen LogP contribution in [0.25, 0.3) is 0 Å². The highest BCUT2D eigenvalue weighted by atomic mass is 16.3. The SMILES string of the molecule is CC[C@H](C)[C@H](N)C(=O)N[C@@H](C)C(=O)N[C@@H](CC(C)C)C(=O)N[C@@H](Cc1ccc(O)cc1)C(=O)N[C@@H](CC(C)C)C(=O)N[C@@H](CC(N)=O)C(=O)N[C@@H](CC(C)C)C(=O)NCC(=O)N[C@@H](CCCCN)C(N)=O. The molecule has 0 radical (unpaired) electrons. The number of amides is 10. The molecule has 0 bridgehead atoms. The Hall–Kier alpha value is -6.36. The van der Waals surface area contributed by atoms with E-state index >= 15 is 0 Å².